The number of aromatic hydroxyl groups is 1. The second-order valence-electron chi connectivity index (χ2n) is 3.71. The summed E-state index contributed by atoms with van der Waals surface area (Å²) in [7, 11) is 0. The van der Waals surface area contributed by atoms with Gasteiger partial charge in [-0.1, -0.05) is 17.4 Å². The van der Waals surface area contributed by atoms with Crippen molar-refractivity contribution in [2.24, 2.45) is 0 Å². The molecule has 8 nitrogen and oxygen atoms in total. The molecule has 2 aromatic rings. The standard InChI is InChI=1S/C11H10N4O4S/c1-5-14-15-11(20-5)13-10(19)12-7-4-2-3-6(8(7)16)9(17)18/h2-4,16H,1H3,(H,17,18)(H2,12,13,15,19). The molecular formula is C11H10N4O4S. The zero-order chi connectivity index (χ0) is 14.7. The van der Waals surface area contributed by atoms with Crippen LogP contribution in [0.3, 0.4) is 0 Å². The van der Waals surface area contributed by atoms with Crippen molar-refractivity contribution in [2.75, 3.05) is 10.6 Å². The highest BCUT2D eigenvalue weighted by atomic mass is 32.1. The quantitative estimate of drug-likeness (QED) is 0.641. The molecule has 0 aliphatic rings. The molecule has 0 spiro atoms. The van der Waals surface area contributed by atoms with E-state index in [9.17, 15) is 14.7 Å². The van der Waals surface area contributed by atoms with Crippen LogP contribution in [0.5, 0.6) is 5.75 Å². The molecule has 0 saturated carbocycles. The van der Waals surface area contributed by atoms with Crippen LogP contribution >= 0.6 is 11.3 Å². The summed E-state index contributed by atoms with van der Waals surface area (Å²) < 4.78 is 0. The summed E-state index contributed by atoms with van der Waals surface area (Å²) in [6.45, 7) is 1.74. The first-order valence-corrected chi connectivity index (χ1v) is 6.22. The van der Waals surface area contributed by atoms with Gasteiger partial charge in [0.15, 0.2) is 5.75 Å². The van der Waals surface area contributed by atoms with Gasteiger partial charge in [0, 0.05) is 0 Å². The van der Waals surface area contributed by atoms with E-state index in [1.54, 1.807) is 6.92 Å². The number of anilines is 2. The number of nitrogens with zero attached hydrogens (tertiary/aromatic N) is 2. The highest BCUT2D eigenvalue weighted by molar-refractivity contribution is 7.15. The predicted molar refractivity (Wildman–Crippen MR) is 72.4 cm³/mol. The fourth-order valence-corrected chi connectivity index (χ4v) is 2.00. The van der Waals surface area contributed by atoms with Gasteiger partial charge in [0.05, 0.1) is 5.69 Å². The van der Waals surface area contributed by atoms with Gasteiger partial charge >= 0.3 is 12.0 Å². The minimum Gasteiger partial charge on any atom is -0.505 e. The molecule has 0 saturated heterocycles. The molecule has 9 heteroatoms. The Morgan fingerprint density at radius 2 is 2.00 bits per heavy atom. The molecule has 104 valence electrons. The van der Waals surface area contributed by atoms with Crippen molar-refractivity contribution < 1.29 is 19.8 Å². The lowest BCUT2D eigenvalue weighted by Crippen LogP contribution is -2.19. The average molecular weight is 294 g/mol. The van der Waals surface area contributed by atoms with E-state index in [0.717, 1.165) is 0 Å². The minimum atomic E-state index is -1.29. The molecule has 0 atom stereocenters. The van der Waals surface area contributed by atoms with Crippen molar-refractivity contribution in [2.45, 2.75) is 6.92 Å². The summed E-state index contributed by atoms with van der Waals surface area (Å²) in [5.74, 6) is -1.80. The number of benzene rings is 1. The predicted octanol–water partition coefficient (Wildman–Crippen LogP) is 1.89. The van der Waals surface area contributed by atoms with Crippen molar-refractivity contribution in [3.05, 3.63) is 28.8 Å². The van der Waals surface area contributed by atoms with E-state index < -0.39 is 17.7 Å². The summed E-state index contributed by atoms with van der Waals surface area (Å²) >= 11 is 1.19. The van der Waals surface area contributed by atoms with E-state index in [0.29, 0.717) is 10.1 Å². The number of carbonyl (C=O) groups excluding carboxylic acids is 1. The average Bonchev–Trinajstić information content (AvgIpc) is 2.77. The maximum atomic E-state index is 11.7. The van der Waals surface area contributed by atoms with Crippen molar-refractivity contribution in [1.29, 1.82) is 0 Å². The first-order valence-electron chi connectivity index (χ1n) is 5.40. The van der Waals surface area contributed by atoms with Gasteiger partial charge in [-0.2, -0.15) is 0 Å². The SMILES string of the molecule is Cc1nnc(NC(=O)Nc2cccc(C(=O)O)c2O)s1. The highest BCUT2D eigenvalue weighted by Gasteiger charge is 2.15. The minimum absolute atomic E-state index is 0.0105. The number of nitrogens with one attached hydrogen (secondary N) is 2. The zero-order valence-electron chi connectivity index (χ0n) is 10.2. The Bertz CT molecular complexity index is 670. The van der Waals surface area contributed by atoms with E-state index >= 15 is 0 Å². The number of urea groups is 1. The number of hydrogen-bond donors (Lipinski definition) is 4. The van der Waals surface area contributed by atoms with Crippen LogP contribution in [-0.4, -0.2) is 32.4 Å². The number of aryl methyl sites for hydroxylation is 1. The molecule has 2 rings (SSSR count). The number of phenols is 1. The fourth-order valence-electron chi connectivity index (χ4n) is 1.41. The summed E-state index contributed by atoms with van der Waals surface area (Å²) in [4.78, 5) is 22.5. The topological polar surface area (TPSA) is 124 Å². The van der Waals surface area contributed by atoms with Gasteiger partial charge in [0.25, 0.3) is 0 Å². The van der Waals surface area contributed by atoms with Crippen LogP contribution in [0.1, 0.15) is 15.4 Å². The number of carbonyl (C=O) groups is 2. The van der Waals surface area contributed by atoms with Crippen molar-refractivity contribution in [3.8, 4) is 5.75 Å². The largest absolute Gasteiger partial charge is 0.505 e. The molecule has 0 aliphatic carbocycles. The number of carboxylic acid groups (broad SMARTS) is 1. The molecule has 0 fully saturated rings. The van der Waals surface area contributed by atoms with Crippen molar-refractivity contribution in [3.63, 3.8) is 0 Å². The summed E-state index contributed by atoms with van der Waals surface area (Å²) in [6, 6.07) is 3.37. The van der Waals surface area contributed by atoms with E-state index in [2.05, 4.69) is 20.8 Å². The molecule has 2 amide bonds. The Kier molecular flexibility index (Phi) is 3.80. The first kappa shape index (κ1) is 13.7. The Morgan fingerprint density at radius 3 is 2.60 bits per heavy atom. The molecule has 4 N–H and O–H groups in total. The van der Waals surface area contributed by atoms with Crippen molar-refractivity contribution >= 4 is 34.2 Å². The summed E-state index contributed by atoms with van der Waals surface area (Å²) in [5.41, 5.74) is -0.307. The second kappa shape index (κ2) is 5.53. The number of para-hydroxylation sites is 1. The molecule has 1 aromatic carbocycles. The van der Waals surface area contributed by atoms with E-state index in [1.165, 1.54) is 29.5 Å². The molecule has 0 aliphatic heterocycles. The monoisotopic (exact) mass is 294 g/mol. The number of amides is 2. The fraction of sp³-hybridized carbons (Fsp3) is 0.0909. The molecule has 20 heavy (non-hydrogen) atoms. The number of carboxylic acids is 1. The van der Waals surface area contributed by atoms with Gasteiger partial charge in [-0.05, 0) is 19.1 Å². The van der Waals surface area contributed by atoms with E-state index in [1.807, 2.05) is 0 Å². The lowest BCUT2D eigenvalue weighted by atomic mass is 10.2. The third kappa shape index (κ3) is 3.01. The lowest BCUT2D eigenvalue weighted by Gasteiger charge is -2.08. The number of aromatic carboxylic acids is 1. The normalized spacial score (nSPS) is 10.1. The summed E-state index contributed by atoms with van der Waals surface area (Å²) in [5, 5.41) is 31.8. The van der Waals surface area contributed by atoms with Crippen LogP contribution in [0.2, 0.25) is 0 Å². The number of rotatable bonds is 3. The molecule has 1 aromatic heterocycles. The second-order valence-corrected chi connectivity index (χ2v) is 4.89. The van der Waals surface area contributed by atoms with Crippen LogP contribution in [-0.2, 0) is 0 Å². The number of hydrogen-bond acceptors (Lipinski definition) is 6. The van der Waals surface area contributed by atoms with Gasteiger partial charge in [-0.15, -0.1) is 10.2 Å². The number of aromatic nitrogens is 2. The van der Waals surface area contributed by atoms with Crippen LogP contribution in [0.25, 0.3) is 0 Å². The van der Waals surface area contributed by atoms with Crippen LogP contribution in [0, 0.1) is 6.92 Å². The Balaban J connectivity index is 2.12. The molecule has 0 radical (unpaired) electrons. The van der Waals surface area contributed by atoms with Gasteiger partial charge in [-0.3, -0.25) is 5.32 Å². The van der Waals surface area contributed by atoms with Gasteiger partial charge in [-0.25, -0.2) is 9.59 Å². The molecule has 0 unspecified atom stereocenters. The maximum absolute atomic E-state index is 11.7. The maximum Gasteiger partial charge on any atom is 0.339 e. The summed E-state index contributed by atoms with van der Waals surface area (Å²) in [6.07, 6.45) is 0. The lowest BCUT2D eigenvalue weighted by molar-refractivity contribution is 0.0694. The van der Waals surface area contributed by atoms with Crippen LogP contribution in [0.4, 0.5) is 15.6 Å². The molecule has 0 bridgehead atoms. The smallest absolute Gasteiger partial charge is 0.339 e. The van der Waals surface area contributed by atoms with Gasteiger partial charge in [0.2, 0.25) is 5.13 Å². The molecule has 1 heterocycles. The first-order chi connectivity index (χ1) is 9.47. The Labute approximate surface area is 117 Å². The van der Waals surface area contributed by atoms with Crippen LogP contribution < -0.4 is 10.6 Å². The van der Waals surface area contributed by atoms with Crippen molar-refractivity contribution in [1.82, 2.24) is 10.2 Å². The third-order valence-corrected chi connectivity index (χ3v) is 3.02. The van der Waals surface area contributed by atoms with E-state index in [4.69, 9.17) is 5.11 Å². The zero-order valence-corrected chi connectivity index (χ0v) is 11.1. The Hall–Kier alpha value is -2.68. The van der Waals surface area contributed by atoms with E-state index in [-0.39, 0.29) is 11.3 Å². The van der Waals surface area contributed by atoms with Gasteiger partial charge in [0.1, 0.15) is 10.6 Å². The Morgan fingerprint density at radius 1 is 1.25 bits per heavy atom. The highest BCUT2D eigenvalue weighted by Crippen LogP contribution is 2.27. The third-order valence-electron chi connectivity index (χ3n) is 2.26. The molecular weight excluding hydrogens is 284 g/mol. The van der Waals surface area contributed by atoms with Gasteiger partial charge < -0.3 is 15.5 Å². The van der Waals surface area contributed by atoms with Crippen LogP contribution in [0.15, 0.2) is 18.2 Å².